The average Bonchev–Trinajstić information content (AvgIpc) is 2.10. The second kappa shape index (κ2) is 6.76. The van der Waals surface area contributed by atoms with Gasteiger partial charge in [-0.15, -0.1) is 0 Å². The Morgan fingerprint density at radius 3 is 2.24 bits per heavy atom. The number of nitrogens with two attached hydrogens (primary N) is 1. The molecule has 5 nitrogen and oxygen atoms in total. The fourth-order valence-corrected chi connectivity index (χ4v) is 2.04. The topological polar surface area (TPSA) is 81.4 Å². The van der Waals surface area contributed by atoms with Crippen molar-refractivity contribution in [2.24, 2.45) is 11.7 Å². The Morgan fingerprint density at radius 2 is 1.82 bits per heavy atom. The quantitative estimate of drug-likeness (QED) is 0.694. The summed E-state index contributed by atoms with van der Waals surface area (Å²) in [4.78, 5) is 22.9. The minimum absolute atomic E-state index is 0.102. The van der Waals surface area contributed by atoms with E-state index in [1.165, 1.54) is 0 Å². The Morgan fingerprint density at radius 1 is 1.29 bits per heavy atom. The molecule has 1 unspecified atom stereocenters. The van der Waals surface area contributed by atoms with Crippen LogP contribution in [0.4, 0.5) is 0 Å². The van der Waals surface area contributed by atoms with Gasteiger partial charge in [0, 0.05) is 0 Å². The summed E-state index contributed by atoms with van der Waals surface area (Å²) in [6.07, 6.45) is 0.606. The van der Waals surface area contributed by atoms with Gasteiger partial charge in [0.15, 0.2) is 0 Å². The molecule has 0 fully saturated rings. The Labute approximate surface area is 104 Å². The van der Waals surface area contributed by atoms with E-state index in [1.54, 1.807) is 0 Å². The van der Waals surface area contributed by atoms with E-state index >= 15 is 0 Å². The summed E-state index contributed by atoms with van der Waals surface area (Å²) in [7, 11) is -1.88. The lowest BCUT2D eigenvalue weighted by Gasteiger charge is -2.18. The summed E-state index contributed by atoms with van der Waals surface area (Å²) in [5.41, 5.74) is 5.68. The molecule has 0 rings (SSSR count). The summed E-state index contributed by atoms with van der Waals surface area (Å²) in [6.45, 7) is 9.62. The molecule has 0 bridgehead atoms. The van der Waals surface area contributed by atoms with Crippen molar-refractivity contribution in [3.05, 3.63) is 0 Å². The number of hydrogen-bond acceptors (Lipinski definition) is 4. The third kappa shape index (κ3) is 8.88. The minimum Gasteiger partial charge on any atom is -0.519 e. The number of nitrogens with one attached hydrogen (secondary N) is 1. The zero-order valence-corrected chi connectivity index (χ0v) is 12.4. The molecule has 1 amide bonds. The third-order valence-corrected chi connectivity index (χ3v) is 2.73. The first-order valence-electron chi connectivity index (χ1n) is 5.87. The molecule has 0 aliphatic rings. The van der Waals surface area contributed by atoms with Gasteiger partial charge in [-0.25, -0.2) is 0 Å². The fourth-order valence-electron chi connectivity index (χ4n) is 1.28. The van der Waals surface area contributed by atoms with Gasteiger partial charge in [0.1, 0.15) is 6.54 Å². The Hall–Kier alpha value is -0.883. The smallest absolute Gasteiger partial charge is 0.312 e. The van der Waals surface area contributed by atoms with Crippen LogP contribution in [0.15, 0.2) is 0 Å². The Kier molecular flexibility index (Phi) is 6.40. The molecule has 6 heteroatoms. The molecule has 100 valence electrons. The summed E-state index contributed by atoms with van der Waals surface area (Å²) < 4.78 is 5.19. The maximum atomic E-state index is 11.5. The molecule has 0 saturated heterocycles. The van der Waals surface area contributed by atoms with Gasteiger partial charge >= 0.3 is 5.97 Å². The highest BCUT2D eigenvalue weighted by Crippen LogP contribution is 2.03. The van der Waals surface area contributed by atoms with Gasteiger partial charge in [0.25, 0.3) is 0 Å². The largest absolute Gasteiger partial charge is 0.519 e. The minimum atomic E-state index is -1.88. The highest BCUT2D eigenvalue weighted by atomic mass is 28.4. The van der Waals surface area contributed by atoms with Crippen LogP contribution in [0.3, 0.4) is 0 Å². The third-order valence-electron chi connectivity index (χ3n) is 1.89. The first kappa shape index (κ1) is 16.1. The number of rotatable bonds is 6. The number of carbonyl (C=O) groups is 2. The number of amides is 1. The van der Waals surface area contributed by atoms with Gasteiger partial charge in [0.2, 0.25) is 14.2 Å². The maximum absolute atomic E-state index is 11.5. The molecule has 17 heavy (non-hydrogen) atoms. The van der Waals surface area contributed by atoms with Crippen molar-refractivity contribution < 1.29 is 14.0 Å². The number of carbonyl (C=O) groups excluding carboxylic acids is 2. The molecule has 0 spiro atoms. The van der Waals surface area contributed by atoms with Gasteiger partial charge in [-0.05, 0) is 32.0 Å². The molecule has 0 saturated carbocycles. The van der Waals surface area contributed by atoms with E-state index in [9.17, 15) is 9.59 Å². The van der Waals surface area contributed by atoms with Crippen molar-refractivity contribution in [1.82, 2.24) is 5.32 Å². The van der Waals surface area contributed by atoms with Crippen LogP contribution in [0.2, 0.25) is 19.6 Å². The van der Waals surface area contributed by atoms with E-state index in [0.29, 0.717) is 12.3 Å². The molecule has 0 radical (unpaired) electrons. The molecule has 0 aromatic rings. The van der Waals surface area contributed by atoms with E-state index < -0.39 is 20.3 Å². The average molecular weight is 260 g/mol. The molecule has 0 aliphatic carbocycles. The summed E-state index contributed by atoms with van der Waals surface area (Å²) in [6, 6.07) is -0.560. The standard InChI is InChI=1S/C11H24N2O3Si/c1-8(2)6-9(12)11(15)13-7-10(14)16-17(3,4)5/h8-9H,6-7,12H2,1-5H3,(H,13,15). The van der Waals surface area contributed by atoms with Gasteiger partial charge in [-0.3, -0.25) is 9.59 Å². The predicted molar refractivity (Wildman–Crippen MR) is 69.9 cm³/mol. The van der Waals surface area contributed by atoms with Crippen molar-refractivity contribution in [1.29, 1.82) is 0 Å². The van der Waals surface area contributed by atoms with E-state index in [4.69, 9.17) is 10.2 Å². The first-order valence-corrected chi connectivity index (χ1v) is 9.28. The van der Waals surface area contributed by atoms with Crippen molar-refractivity contribution in [2.45, 2.75) is 46.0 Å². The predicted octanol–water partition coefficient (Wildman–Crippen LogP) is 0.854. The van der Waals surface area contributed by atoms with E-state index in [2.05, 4.69) is 5.32 Å². The van der Waals surface area contributed by atoms with Crippen LogP contribution in [0.1, 0.15) is 20.3 Å². The highest BCUT2D eigenvalue weighted by Gasteiger charge is 2.21. The van der Waals surface area contributed by atoms with Crippen LogP contribution in [-0.4, -0.2) is 32.8 Å². The summed E-state index contributed by atoms with van der Waals surface area (Å²) in [5.74, 6) is -0.342. The van der Waals surface area contributed by atoms with Crippen LogP contribution in [0, 0.1) is 5.92 Å². The van der Waals surface area contributed by atoms with E-state index in [-0.39, 0.29) is 12.5 Å². The monoisotopic (exact) mass is 260 g/mol. The van der Waals surface area contributed by atoms with Crippen molar-refractivity contribution in [3.63, 3.8) is 0 Å². The van der Waals surface area contributed by atoms with Crippen LogP contribution < -0.4 is 11.1 Å². The molecule has 3 N–H and O–H groups in total. The Balaban J connectivity index is 3.96. The molecule has 1 atom stereocenters. The van der Waals surface area contributed by atoms with Crippen LogP contribution >= 0.6 is 0 Å². The van der Waals surface area contributed by atoms with Crippen LogP contribution in [0.25, 0.3) is 0 Å². The van der Waals surface area contributed by atoms with E-state index in [0.717, 1.165) is 0 Å². The van der Waals surface area contributed by atoms with Gasteiger partial charge in [0.05, 0.1) is 6.04 Å². The molecular formula is C11H24N2O3Si. The fraction of sp³-hybridized carbons (Fsp3) is 0.818. The zero-order valence-electron chi connectivity index (χ0n) is 11.4. The first-order chi connectivity index (χ1) is 7.61. The lowest BCUT2D eigenvalue weighted by Crippen LogP contribution is -2.44. The van der Waals surface area contributed by atoms with Gasteiger partial charge < -0.3 is 15.5 Å². The SMILES string of the molecule is CC(C)CC(N)C(=O)NCC(=O)O[Si](C)(C)C. The molecule has 0 aromatic carbocycles. The lowest BCUT2D eigenvalue weighted by molar-refractivity contribution is -0.136. The lowest BCUT2D eigenvalue weighted by atomic mass is 10.0. The zero-order chi connectivity index (χ0) is 13.6. The van der Waals surface area contributed by atoms with Crippen molar-refractivity contribution in [2.75, 3.05) is 6.54 Å². The van der Waals surface area contributed by atoms with Crippen molar-refractivity contribution >= 4 is 20.2 Å². The van der Waals surface area contributed by atoms with Crippen LogP contribution in [0.5, 0.6) is 0 Å². The molecule has 0 aromatic heterocycles. The second-order valence-corrected chi connectivity index (χ2v) is 9.97. The summed E-state index contributed by atoms with van der Waals surface area (Å²) >= 11 is 0. The summed E-state index contributed by atoms with van der Waals surface area (Å²) in [5, 5.41) is 2.49. The van der Waals surface area contributed by atoms with Crippen molar-refractivity contribution in [3.8, 4) is 0 Å². The van der Waals surface area contributed by atoms with Gasteiger partial charge in [-0.2, -0.15) is 0 Å². The van der Waals surface area contributed by atoms with Crippen LogP contribution in [-0.2, 0) is 14.0 Å². The highest BCUT2D eigenvalue weighted by molar-refractivity contribution is 6.71. The molecule has 0 aliphatic heterocycles. The van der Waals surface area contributed by atoms with Gasteiger partial charge in [-0.1, -0.05) is 13.8 Å². The molecular weight excluding hydrogens is 236 g/mol. The number of hydrogen-bond donors (Lipinski definition) is 2. The molecule has 0 heterocycles. The maximum Gasteiger partial charge on any atom is 0.312 e. The second-order valence-electron chi connectivity index (χ2n) is 5.54. The van der Waals surface area contributed by atoms with E-state index in [1.807, 2.05) is 33.5 Å². The normalized spacial score (nSPS) is 13.4. The Bertz CT molecular complexity index is 274.